The lowest BCUT2D eigenvalue weighted by molar-refractivity contribution is -0.236. The Hall–Kier alpha value is -4.30. The van der Waals surface area contributed by atoms with Gasteiger partial charge in [0.2, 0.25) is 5.91 Å². The van der Waals surface area contributed by atoms with E-state index in [1.807, 2.05) is 37.4 Å². The number of carbonyl (C=O) groups excluding carboxylic acids is 1. The molecule has 52 heavy (non-hydrogen) atoms. The van der Waals surface area contributed by atoms with E-state index in [2.05, 4.69) is 16.3 Å². The first kappa shape index (κ1) is 37.5. The van der Waals surface area contributed by atoms with Crippen LogP contribution >= 0.6 is 0 Å². The standard InChI is InChI=1S/C38H39F7N4O3/c1-23-8-9-30-31(18-23)25(21-48-14-10-26(39)11-15-48)20-46-33(30)29-7-3-5-27-24(4-2-6-28(27)29)19-32(34(50)51)47-35(52)36(38(43,44)45)12-16-49(17-13-36)22-37(40,41)42/h2-9,18,20,26,32H,10-17,19,21-22H2,1H3,(H,47,52)(H,50,51)/t32-/m0/s1. The highest BCUT2D eigenvalue weighted by Crippen LogP contribution is 2.47. The first-order chi connectivity index (χ1) is 24.5. The number of alkyl halides is 7. The summed E-state index contributed by atoms with van der Waals surface area (Å²) in [5.41, 5.74) is 0.904. The zero-order valence-electron chi connectivity index (χ0n) is 28.5. The van der Waals surface area contributed by atoms with Crippen LogP contribution in [0.5, 0.6) is 0 Å². The summed E-state index contributed by atoms with van der Waals surface area (Å²) in [6.07, 6.45) is -9.94. The van der Waals surface area contributed by atoms with Crippen LogP contribution in [0.3, 0.4) is 0 Å². The summed E-state index contributed by atoms with van der Waals surface area (Å²) >= 11 is 0. The Morgan fingerprint density at radius 2 is 1.56 bits per heavy atom. The van der Waals surface area contributed by atoms with Crippen molar-refractivity contribution >= 4 is 33.4 Å². The van der Waals surface area contributed by atoms with Crippen molar-refractivity contribution in [1.82, 2.24) is 20.1 Å². The molecule has 2 aliphatic rings. The molecule has 14 heteroatoms. The Kier molecular flexibility index (Phi) is 10.5. The van der Waals surface area contributed by atoms with E-state index in [4.69, 9.17) is 4.98 Å². The summed E-state index contributed by atoms with van der Waals surface area (Å²) in [5, 5.41) is 15.4. The molecule has 2 saturated heterocycles. The molecule has 2 aliphatic heterocycles. The first-order valence-electron chi connectivity index (χ1n) is 17.2. The summed E-state index contributed by atoms with van der Waals surface area (Å²) in [6.45, 7) is 1.25. The number of carbonyl (C=O) groups is 2. The van der Waals surface area contributed by atoms with Crippen LogP contribution in [0.15, 0.2) is 60.8 Å². The number of aromatic nitrogens is 1. The molecule has 0 unspecified atom stereocenters. The topological polar surface area (TPSA) is 85.8 Å². The maximum Gasteiger partial charge on any atom is 0.403 e. The molecule has 0 spiro atoms. The smallest absolute Gasteiger partial charge is 0.403 e. The summed E-state index contributed by atoms with van der Waals surface area (Å²) in [7, 11) is 0. The van der Waals surface area contributed by atoms with Gasteiger partial charge in [-0.05, 0) is 73.0 Å². The number of benzene rings is 3. The van der Waals surface area contributed by atoms with E-state index in [1.54, 1.807) is 24.3 Å². The van der Waals surface area contributed by atoms with Crippen molar-refractivity contribution in [3.63, 3.8) is 0 Å². The van der Waals surface area contributed by atoms with Crippen molar-refractivity contribution in [2.75, 3.05) is 32.7 Å². The van der Waals surface area contributed by atoms with E-state index in [9.17, 15) is 45.4 Å². The molecular weight excluding hydrogens is 693 g/mol. The average Bonchev–Trinajstić information content (AvgIpc) is 3.08. The van der Waals surface area contributed by atoms with E-state index in [1.165, 1.54) is 0 Å². The highest BCUT2D eigenvalue weighted by Gasteiger charge is 2.61. The van der Waals surface area contributed by atoms with Gasteiger partial charge in [-0.1, -0.05) is 60.2 Å². The van der Waals surface area contributed by atoms with Crippen LogP contribution < -0.4 is 5.32 Å². The minimum absolute atomic E-state index is 0.349. The lowest BCUT2D eigenvalue weighted by Crippen LogP contribution is -2.59. The molecule has 6 rings (SSSR count). The number of aryl methyl sites for hydroxylation is 1. The number of nitrogens with zero attached hydrogens (tertiary/aromatic N) is 3. The zero-order valence-corrected chi connectivity index (χ0v) is 28.5. The minimum atomic E-state index is -5.12. The van der Waals surface area contributed by atoms with E-state index >= 15 is 0 Å². The van der Waals surface area contributed by atoms with Crippen LogP contribution in [0.1, 0.15) is 42.4 Å². The number of piperidine rings is 2. The molecule has 4 aromatic rings. The molecule has 7 nitrogen and oxygen atoms in total. The predicted molar refractivity (Wildman–Crippen MR) is 182 cm³/mol. The fourth-order valence-corrected chi connectivity index (χ4v) is 7.51. The Bertz CT molecular complexity index is 1950. The molecular formula is C38H39F7N4O3. The molecule has 278 valence electrons. The lowest BCUT2D eigenvalue weighted by Gasteiger charge is -2.42. The van der Waals surface area contributed by atoms with E-state index in [0.29, 0.717) is 54.5 Å². The minimum Gasteiger partial charge on any atom is -0.480 e. The number of fused-ring (bicyclic) bond motifs is 2. The molecule has 0 bridgehead atoms. The number of hydrogen-bond acceptors (Lipinski definition) is 5. The number of rotatable bonds is 9. The molecule has 1 amide bonds. The monoisotopic (exact) mass is 732 g/mol. The maximum absolute atomic E-state index is 14.4. The van der Waals surface area contributed by atoms with Crippen LogP contribution in [0, 0.1) is 12.3 Å². The van der Waals surface area contributed by atoms with Crippen LogP contribution in [0.2, 0.25) is 0 Å². The SMILES string of the molecule is Cc1ccc2c(-c3cccc4c(C[C@H](NC(=O)C5(C(F)(F)F)CCN(CC(F)(F)F)CC5)C(=O)O)cccc34)ncc(CN3CCC(F)CC3)c2c1. The van der Waals surface area contributed by atoms with Crippen molar-refractivity contribution in [3.05, 3.63) is 77.5 Å². The van der Waals surface area contributed by atoms with Gasteiger partial charge in [-0.3, -0.25) is 19.6 Å². The van der Waals surface area contributed by atoms with Crippen molar-refractivity contribution in [2.24, 2.45) is 5.41 Å². The largest absolute Gasteiger partial charge is 0.480 e. The second-order valence-electron chi connectivity index (χ2n) is 14.0. The average molecular weight is 733 g/mol. The Balaban J connectivity index is 1.29. The summed E-state index contributed by atoms with van der Waals surface area (Å²) in [5.74, 6) is -3.12. The van der Waals surface area contributed by atoms with Gasteiger partial charge in [-0.25, -0.2) is 9.18 Å². The second kappa shape index (κ2) is 14.6. The molecule has 0 aliphatic carbocycles. The summed E-state index contributed by atoms with van der Waals surface area (Å²) < 4.78 is 95.7. The number of hydrogen-bond donors (Lipinski definition) is 2. The van der Waals surface area contributed by atoms with Gasteiger partial charge in [0.05, 0.1) is 12.2 Å². The van der Waals surface area contributed by atoms with Gasteiger partial charge >= 0.3 is 18.3 Å². The van der Waals surface area contributed by atoms with Crippen molar-refractivity contribution in [2.45, 2.75) is 70.1 Å². The normalized spacial score (nSPS) is 18.5. The number of carboxylic acids is 1. The lowest BCUT2D eigenvalue weighted by atomic mass is 9.76. The molecule has 2 fully saturated rings. The second-order valence-corrected chi connectivity index (χ2v) is 14.0. The first-order valence-corrected chi connectivity index (χ1v) is 17.2. The zero-order chi connectivity index (χ0) is 37.4. The molecule has 0 saturated carbocycles. The third kappa shape index (κ3) is 7.87. The third-order valence-electron chi connectivity index (χ3n) is 10.4. The molecule has 3 heterocycles. The van der Waals surface area contributed by atoms with Crippen LogP contribution in [0.4, 0.5) is 30.7 Å². The molecule has 0 radical (unpaired) electrons. The summed E-state index contributed by atoms with van der Waals surface area (Å²) in [4.78, 5) is 33.6. The van der Waals surface area contributed by atoms with Gasteiger partial charge in [0, 0.05) is 43.2 Å². The van der Waals surface area contributed by atoms with E-state index in [-0.39, 0.29) is 6.42 Å². The number of nitrogens with one attached hydrogen (secondary N) is 1. The van der Waals surface area contributed by atoms with Gasteiger partial charge in [-0.15, -0.1) is 0 Å². The van der Waals surface area contributed by atoms with Crippen molar-refractivity contribution in [1.29, 1.82) is 0 Å². The fraction of sp³-hybridized carbons (Fsp3) is 0.447. The Labute approximate surface area is 295 Å². The van der Waals surface area contributed by atoms with Crippen molar-refractivity contribution in [3.8, 4) is 11.3 Å². The van der Waals surface area contributed by atoms with E-state index < -0.39 is 74.3 Å². The van der Waals surface area contributed by atoms with Crippen LogP contribution in [-0.4, -0.2) is 89.1 Å². The number of halogens is 7. The summed E-state index contributed by atoms with van der Waals surface area (Å²) in [6, 6.07) is 14.9. The van der Waals surface area contributed by atoms with Gasteiger partial charge in [0.1, 0.15) is 17.6 Å². The Morgan fingerprint density at radius 3 is 2.21 bits per heavy atom. The number of carboxylic acid groups (broad SMARTS) is 1. The van der Waals surface area contributed by atoms with Crippen molar-refractivity contribution < 1.29 is 45.4 Å². The highest BCUT2D eigenvalue weighted by molar-refractivity contribution is 6.05. The fourth-order valence-electron chi connectivity index (χ4n) is 7.51. The van der Waals surface area contributed by atoms with Gasteiger partial charge in [0.25, 0.3) is 0 Å². The molecule has 1 aromatic heterocycles. The Morgan fingerprint density at radius 1 is 0.885 bits per heavy atom. The van der Waals surface area contributed by atoms with Gasteiger partial charge < -0.3 is 10.4 Å². The number of likely N-dealkylation sites (tertiary alicyclic amines) is 2. The predicted octanol–water partition coefficient (Wildman–Crippen LogP) is 7.62. The van der Waals surface area contributed by atoms with Crippen LogP contribution in [0.25, 0.3) is 32.8 Å². The number of aliphatic carboxylic acids is 1. The van der Waals surface area contributed by atoms with Gasteiger partial charge in [-0.2, -0.15) is 26.3 Å². The van der Waals surface area contributed by atoms with E-state index in [0.717, 1.165) is 32.4 Å². The highest BCUT2D eigenvalue weighted by atomic mass is 19.4. The quantitative estimate of drug-likeness (QED) is 0.173. The third-order valence-corrected chi connectivity index (χ3v) is 10.4. The van der Waals surface area contributed by atoms with Crippen LogP contribution in [-0.2, 0) is 22.6 Å². The maximum atomic E-state index is 14.4. The van der Waals surface area contributed by atoms with Gasteiger partial charge in [0.15, 0.2) is 0 Å². The number of amides is 1. The molecule has 1 atom stereocenters. The number of pyridine rings is 1. The molecule has 2 N–H and O–H groups in total. The molecule has 3 aromatic carbocycles.